The van der Waals surface area contributed by atoms with Crippen LogP contribution in [-0.2, 0) is 5.41 Å². The van der Waals surface area contributed by atoms with Gasteiger partial charge in [0.15, 0.2) is 11.0 Å². The van der Waals surface area contributed by atoms with Crippen molar-refractivity contribution in [2.45, 2.75) is 26.2 Å². The van der Waals surface area contributed by atoms with Crippen LogP contribution in [-0.4, -0.2) is 15.2 Å². The molecule has 0 spiro atoms. The number of hydrogen-bond acceptors (Lipinski definition) is 3. The van der Waals surface area contributed by atoms with Gasteiger partial charge in [0.2, 0.25) is 0 Å². The van der Waals surface area contributed by atoms with Crippen molar-refractivity contribution in [3.8, 4) is 11.4 Å². The summed E-state index contributed by atoms with van der Waals surface area (Å²) in [7, 11) is 0. The van der Waals surface area contributed by atoms with Gasteiger partial charge in [0, 0.05) is 5.56 Å². The molecule has 0 aliphatic carbocycles. The predicted molar refractivity (Wildman–Crippen MR) is 69.0 cm³/mol. The molecule has 0 radical (unpaired) electrons. The van der Waals surface area contributed by atoms with Crippen molar-refractivity contribution in [2.24, 2.45) is 0 Å². The van der Waals surface area contributed by atoms with E-state index in [-0.39, 0.29) is 5.41 Å². The van der Waals surface area contributed by atoms with Crippen LogP contribution in [0.3, 0.4) is 0 Å². The first-order chi connectivity index (χ1) is 7.97. The van der Waals surface area contributed by atoms with Crippen LogP contribution in [0.25, 0.3) is 11.4 Å². The maximum absolute atomic E-state index is 5.78. The molecule has 0 aliphatic rings. The van der Waals surface area contributed by atoms with Gasteiger partial charge in [0.25, 0.3) is 0 Å². The second kappa shape index (κ2) is 4.41. The highest BCUT2D eigenvalue weighted by molar-refractivity contribution is 6.29. The van der Waals surface area contributed by atoms with Crippen LogP contribution in [0, 0.1) is 0 Å². The molecule has 2 aromatic rings. The summed E-state index contributed by atoms with van der Waals surface area (Å²) in [5.74, 6) is 0.554. The summed E-state index contributed by atoms with van der Waals surface area (Å²) in [6.45, 7) is 6.54. The third-order valence-electron chi connectivity index (χ3n) is 2.54. The van der Waals surface area contributed by atoms with Crippen LogP contribution in [0.4, 0.5) is 0 Å². The zero-order valence-corrected chi connectivity index (χ0v) is 10.9. The van der Waals surface area contributed by atoms with Crippen molar-refractivity contribution >= 4 is 11.6 Å². The summed E-state index contributed by atoms with van der Waals surface area (Å²) in [6.07, 6.45) is 1.43. The Morgan fingerprint density at radius 3 is 2.24 bits per heavy atom. The Hall–Kier alpha value is -1.48. The van der Waals surface area contributed by atoms with Crippen molar-refractivity contribution in [2.75, 3.05) is 0 Å². The van der Waals surface area contributed by atoms with Crippen molar-refractivity contribution in [3.05, 3.63) is 41.2 Å². The largest absolute Gasteiger partial charge is 0.213 e. The Labute approximate surface area is 106 Å². The number of halogens is 1. The van der Waals surface area contributed by atoms with Gasteiger partial charge in [0.1, 0.15) is 0 Å². The molecule has 1 aromatic carbocycles. The first-order valence-electron chi connectivity index (χ1n) is 5.43. The fourth-order valence-corrected chi connectivity index (χ4v) is 1.65. The first-order valence-corrected chi connectivity index (χ1v) is 5.81. The maximum Gasteiger partial charge on any atom is 0.183 e. The minimum Gasteiger partial charge on any atom is -0.213 e. The first kappa shape index (κ1) is 12.0. The maximum atomic E-state index is 5.78. The van der Waals surface area contributed by atoms with Crippen LogP contribution in [0.5, 0.6) is 0 Å². The van der Waals surface area contributed by atoms with Crippen LogP contribution < -0.4 is 0 Å². The topological polar surface area (TPSA) is 38.7 Å². The molecule has 0 saturated heterocycles. The quantitative estimate of drug-likeness (QED) is 0.774. The number of hydrogen-bond donors (Lipinski definition) is 0. The highest BCUT2D eigenvalue weighted by Crippen LogP contribution is 2.24. The molecule has 17 heavy (non-hydrogen) atoms. The molecule has 0 aliphatic heterocycles. The van der Waals surface area contributed by atoms with Gasteiger partial charge in [0.05, 0.1) is 6.20 Å². The molecule has 88 valence electrons. The zero-order chi connectivity index (χ0) is 12.5. The third kappa shape index (κ3) is 2.80. The molecule has 4 heteroatoms. The highest BCUT2D eigenvalue weighted by Gasteiger charge is 2.13. The lowest BCUT2D eigenvalue weighted by Crippen LogP contribution is -2.10. The predicted octanol–water partition coefficient (Wildman–Crippen LogP) is 3.49. The Balaban J connectivity index is 2.36. The van der Waals surface area contributed by atoms with Crippen LogP contribution >= 0.6 is 11.6 Å². The minimum atomic E-state index is 0.145. The summed E-state index contributed by atoms with van der Waals surface area (Å²) in [4.78, 5) is 4.13. The van der Waals surface area contributed by atoms with Crippen molar-refractivity contribution in [3.63, 3.8) is 0 Å². The van der Waals surface area contributed by atoms with E-state index in [1.807, 2.05) is 12.1 Å². The van der Waals surface area contributed by atoms with Gasteiger partial charge in [-0.15, -0.1) is 5.10 Å². The van der Waals surface area contributed by atoms with E-state index in [2.05, 4.69) is 48.1 Å². The number of benzene rings is 1. The fourth-order valence-electron chi connectivity index (χ4n) is 1.53. The molecular weight excluding hydrogens is 234 g/mol. The minimum absolute atomic E-state index is 0.145. The normalized spacial score (nSPS) is 11.5. The van der Waals surface area contributed by atoms with Gasteiger partial charge >= 0.3 is 0 Å². The molecule has 0 atom stereocenters. The highest BCUT2D eigenvalue weighted by atomic mass is 35.5. The lowest BCUT2D eigenvalue weighted by molar-refractivity contribution is 0.590. The van der Waals surface area contributed by atoms with Crippen LogP contribution in [0.1, 0.15) is 26.3 Å². The van der Waals surface area contributed by atoms with Gasteiger partial charge in [-0.25, -0.2) is 4.98 Å². The molecule has 0 N–H and O–H groups in total. The molecule has 0 amide bonds. The van der Waals surface area contributed by atoms with E-state index in [1.165, 1.54) is 11.8 Å². The van der Waals surface area contributed by atoms with E-state index in [1.54, 1.807) is 0 Å². The van der Waals surface area contributed by atoms with E-state index in [0.29, 0.717) is 11.0 Å². The number of aromatic nitrogens is 3. The Bertz CT molecular complexity index is 515. The van der Waals surface area contributed by atoms with E-state index < -0.39 is 0 Å². The van der Waals surface area contributed by atoms with Crippen molar-refractivity contribution in [1.82, 2.24) is 15.2 Å². The summed E-state index contributed by atoms with van der Waals surface area (Å²) < 4.78 is 0. The molecule has 0 bridgehead atoms. The summed E-state index contributed by atoms with van der Waals surface area (Å²) in [5, 5.41) is 8.10. The molecule has 0 unspecified atom stereocenters. The lowest BCUT2D eigenvalue weighted by atomic mass is 9.87. The molecule has 0 saturated carbocycles. The van der Waals surface area contributed by atoms with Gasteiger partial charge in [-0.2, -0.15) is 5.10 Å². The molecule has 2 rings (SSSR count). The second-order valence-electron chi connectivity index (χ2n) is 4.93. The number of rotatable bonds is 1. The molecule has 0 fully saturated rings. The van der Waals surface area contributed by atoms with Gasteiger partial charge in [-0.05, 0) is 11.0 Å². The van der Waals surface area contributed by atoms with E-state index >= 15 is 0 Å². The summed E-state index contributed by atoms with van der Waals surface area (Å²) in [6, 6.07) is 8.15. The van der Waals surface area contributed by atoms with Crippen LogP contribution in [0.2, 0.25) is 5.15 Å². The summed E-state index contributed by atoms with van der Waals surface area (Å²) >= 11 is 5.78. The Kier molecular flexibility index (Phi) is 3.11. The molecule has 1 aromatic heterocycles. The monoisotopic (exact) mass is 247 g/mol. The standard InChI is InChI=1S/C13H14ClN3/c1-13(2,3)10-6-4-9(5-7-10)12-16-11(14)8-15-17-12/h4-8H,1-3H3. The average molecular weight is 248 g/mol. The second-order valence-corrected chi connectivity index (χ2v) is 5.32. The third-order valence-corrected chi connectivity index (χ3v) is 2.72. The fraction of sp³-hybridized carbons (Fsp3) is 0.308. The van der Waals surface area contributed by atoms with Gasteiger partial charge < -0.3 is 0 Å². The zero-order valence-electron chi connectivity index (χ0n) is 10.1. The van der Waals surface area contributed by atoms with Gasteiger partial charge in [-0.3, -0.25) is 0 Å². The van der Waals surface area contributed by atoms with E-state index in [9.17, 15) is 0 Å². The number of nitrogens with zero attached hydrogens (tertiary/aromatic N) is 3. The Morgan fingerprint density at radius 2 is 1.71 bits per heavy atom. The molecule has 3 nitrogen and oxygen atoms in total. The molecule has 1 heterocycles. The SMILES string of the molecule is CC(C)(C)c1ccc(-c2nncc(Cl)n2)cc1. The smallest absolute Gasteiger partial charge is 0.183 e. The Morgan fingerprint density at radius 1 is 1.06 bits per heavy atom. The van der Waals surface area contributed by atoms with E-state index in [4.69, 9.17) is 11.6 Å². The summed E-state index contributed by atoms with van der Waals surface area (Å²) in [5.41, 5.74) is 2.34. The van der Waals surface area contributed by atoms with Crippen molar-refractivity contribution in [1.29, 1.82) is 0 Å². The van der Waals surface area contributed by atoms with Gasteiger partial charge in [-0.1, -0.05) is 56.6 Å². The lowest BCUT2D eigenvalue weighted by Gasteiger charge is -2.18. The molecular formula is C13H14ClN3. The average Bonchev–Trinajstić information content (AvgIpc) is 2.28. The van der Waals surface area contributed by atoms with Crippen molar-refractivity contribution < 1.29 is 0 Å². The van der Waals surface area contributed by atoms with Crippen LogP contribution in [0.15, 0.2) is 30.5 Å². The van der Waals surface area contributed by atoms with E-state index in [0.717, 1.165) is 5.56 Å².